The first-order valence-electron chi connectivity index (χ1n) is 8.38. The molecule has 3 atom stereocenters. The number of thiophene rings is 1. The van der Waals surface area contributed by atoms with Crippen molar-refractivity contribution in [3.05, 3.63) is 64.9 Å². The molecule has 1 aromatic carbocycles. The van der Waals surface area contributed by atoms with Crippen molar-refractivity contribution in [1.29, 1.82) is 0 Å². The molecule has 0 aliphatic heterocycles. The molecule has 2 N–H and O–H groups in total. The number of carboxylic acids is 1. The SMILES string of the molecule is C[C@@H]1[C@H](c2ccccc2)[C@]1(NS(=O)(=O)c1ccc(-n2cc(Br)cn2)s1)C(=O)O. The number of sulfonamides is 1. The summed E-state index contributed by atoms with van der Waals surface area (Å²) in [4.78, 5) is 12.1. The van der Waals surface area contributed by atoms with Gasteiger partial charge in [0.1, 0.15) is 14.7 Å². The zero-order valence-electron chi connectivity index (χ0n) is 14.6. The van der Waals surface area contributed by atoms with Crippen LogP contribution in [0.2, 0.25) is 0 Å². The van der Waals surface area contributed by atoms with Crippen LogP contribution in [0.25, 0.3) is 5.00 Å². The molecule has 2 aromatic heterocycles. The average molecular weight is 482 g/mol. The Balaban J connectivity index is 1.65. The highest BCUT2D eigenvalue weighted by Gasteiger charge is 2.70. The topological polar surface area (TPSA) is 101 Å². The highest BCUT2D eigenvalue weighted by atomic mass is 79.9. The molecule has 4 rings (SSSR count). The number of carboxylic acid groups (broad SMARTS) is 1. The predicted molar refractivity (Wildman–Crippen MR) is 108 cm³/mol. The minimum atomic E-state index is -4.02. The van der Waals surface area contributed by atoms with Crippen LogP contribution in [0.3, 0.4) is 0 Å². The first-order valence-corrected chi connectivity index (χ1v) is 11.5. The van der Waals surface area contributed by atoms with E-state index in [2.05, 4.69) is 25.8 Å². The van der Waals surface area contributed by atoms with Gasteiger partial charge in [-0.15, -0.1) is 11.3 Å². The number of hydrogen-bond donors (Lipinski definition) is 2. The molecule has 1 saturated carbocycles. The molecule has 146 valence electrons. The molecular weight excluding hydrogens is 466 g/mol. The van der Waals surface area contributed by atoms with E-state index in [0.29, 0.717) is 5.00 Å². The number of benzene rings is 1. The lowest BCUT2D eigenvalue weighted by atomic mass is 10.1. The Hall–Kier alpha value is -2.01. The standard InChI is InChI=1S/C18H16BrN3O4S2/c1-11-16(12-5-3-2-4-6-12)18(11,17(23)24)21-28(25,26)15-8-7-14(27-15)22-10-13(19)9-20-22/h2-11,16,21H,1H3,(H,23,24)/t11-,16-,18+/m1/s1. The molecule has 0 bridgehead atoms. The number of aromatic nitrogens is 2. The zero-order chi connectivity index (χ0) is 20.1. The van der Waals surface area contributed by atoms with Gasteiger partial charge < -0.3 is 5.11 Å². The first-order chi connectivity index (χ1) is 13.3. The molecule has 2 heterocycles. The maximum absolute atomic E-state index is 13.0. The molecule has 1 fully saturated rings. The highest BCUT2D eigenvalue weighted by Crippen LogP contribution is 2.58. The van der Waals surface area contributed by atoms with Gasteiger partial charge in [-0.05, 0) is 39.5 Å². The van der Waals surface area contributed by atoms with Gasteiger partial charge in [0.2, 0.25) is 0 Å². The predicted octanol–water partition coefficient (Wildman–Crippen LogP) is 3.23. The summed E-state index contributed by atoms with van der Waals surface area (Å²) in [6.07, 6.45) is 3.31. The van der Waals surface area contributed by atoms with Gasteiger partial charge in [0, 0.05) is 12.1 Å². The number of rotatable bonds is 6. The molecular formula is C18H16BrN3O4S2. The smallest absolute Gasteiger partial charge is 0.325 e. The molecule has 0 amide bonds. The quantitative estimate of drug-likeness (QED) is 0.562. The number of halogens is 1. The molecule has 28 heavy (non-hydrogen) atoms. The minimum Gasteiger partial charge on any atom is -0.480 e. The van der Waals surface area contributed by atoms with Crippen LogP contribution in [-0.2, 0) is 14.8 Å². The zero-order valence-corrected chi connectivity index (χ0v) is 17.8. The third-order valence-electron chi connectivity index (χ3n) is 5.02. The Labute approximate surface area is 174 Å². The van der Waals surface area contributed by atoms with Crippen LogP contribution >= 0.6 is 27.3 Å². The van der Waals surface area contributed by atoms with Crippen molar-refractivity contribution in [2.45, 2.75) is 22.6 Å². The summed E-state index contributed by atoms with van der Waals surface area (Å²) in [5, 5.41) is 14.6. The van der Waals surface area contributed by atoms with Crippen LogP contribution in [0.5, 0.6) is 0 Å². The van der Waals surface area contributed by atoms with E-state index in [0.717, 1.165) is 21.4 Å². The second-order valence-electron chi connectivity index (χ2n) is 6.65. The summed E-state index contributed by atoms with van der Waals surface area (Å²) in [5.41, 5.74) is -0.757. The van der Waals surface area contributed by atoms with Crippen LogP contribution < -0.4 is 4.72 Å². The lowest BCUT2D eigenvalue weighted by Gasteiger charge is -2.15. The number of aliphatic carboxylic acids is 1. The van der Waals surface area contributed by atoms with Crippen molar-refractivity contribution in [2.75, 3.05) is 0 Å². The summed E-state index contributed by atoms with van der Waals surface area (Å²) >= 11 is 4.32. The molecule has 0 spiro atoms. The molecule has 10 heteroatoms. The Morgan fingerprint density at radius 1 is 1.29 bits per heavy atom. The van der Waals surface area contributed by atoms with E-state index >= 15 is 0 Å². The van der Waals surface area contributed by atoms with E-state index in [1.807, 2.05) is 30.3 Å². The van der Waals surface area contributed by atoms with Crippen molar-refractivity contribution >= 4 is 43.3 Å². The molecule has 0 radical (unpaired) electrons. The Bertz CT molecular complexity index is 1140. The van der Waals surface area contributed by atoms with Crippen molar-refractivity contribution < 1.29 is 18.3 Å². The van der Waals surface area contributed by atoms with E-state index in [9.17, 15) is 18.3 Å². The monoisotopic (exact) mass is 481 g/mol. The minimum absolute atomic E-state index is 0.0423. The number of nitrogens with zero attached hydrogens (tertiary/aromatic N) is 2. The van der Waals surface area contributed by atoms with Crippen LogP contribution in [0.1, 0.15) is 18.4 Å². The van der Waals surface area contributed by atoms with Gasteiger partial charge in [-0.3, -0.25) is 4.79 Å². The van der Waals surface area contributed by atoms with Gasteiger partial charge in [-0.2, -0.15) is 9.82 Å². The maximum atomic E-state index is 13.0. The van der Waals surface area contributed by atoms with Gasteiger partial charge in [0.25, 0.3) is 10.0 Å². The van der Waals surface area contributed by atoms with E-state index in [1.165, 1.54) is 6.07 Å². The number of hydrogen-bond acceptors (Lipinski definition) is 5. The highest BCUT2D eigenvalue weighted by molar-refractivity contribution is 9.10. The van der Waals surface area contributed by atoms with E-state index in [4.69, 9.17) is 0 Å². The van der Waals surface area contributed by atoms with Crippen molar-refractivity contribution in [3.63, 3.8) is 0 Å². The van der Waals surface area contributed by atoms with Crippen LogP contribution in [-0.4, -0.2) is 34.8 Å². The van der Waals surface area contributed by atoms with Crippen LogP contribution in [0, 0.1) is 5.92 Å². The lowest BCUT2D eigenvalue weighted by Crippen LogP contribution is -2.45. The second kappa shape index (κ2) is 6.80. The average Bonchev–Trinajstić information content (AvgIpc) is 3.06. The van der Waals surface area contributed by atoms with Gasteiger partial charge in [-0.25, -0.2) is 13.1 Å². The van der Waals surface area contributed by atoms with Gasteiger partial charge in [0.05, 0.1) is 10.7 Å². The molecule has 3 aromatic rings. The maximum Gasteiger partial charge on any atom is 0.325 e. The normalized spacial score (nSPS) is 24.2. The van der Waals surface area contributed by atoms with Crippen LogP contribution in [0.15, 0.2) is 63.5 Å². The van der Waals surface area contributed by atoms with Crippen molar-refractivity contribution in [1.82, 2.24) is 14.5 Å². The van der Waals surface area contributed by atoms with Crippen molar-refractivity contribution in [3.8, 4) is 5.00 Å². The van der Waals surface area contributed by atoms with E-state index in [1.54, 1.807) is 30.1 Å². The van der Waals surface area contributed by atoms with Crippen molar-refractivity contribution in [2.24, 2.45) is 5.92 Å². The Morgan fingerprint density at radius 2 is 2.00 bits per heavy atom. The van der Waals surface area contributed by atoms with Crippen LogP contribution in [0.4, 0.5) is 0 Å². The third kappa shape index (κ3) is 3.10. The fourth-order valence-corrected chi connectivity index (χ4v) is 6.54. The summed E-state index contributed by atoms with van der Waals surface area (Å²) in [5.74, 6) is -1.98. The first kappa shape index (κ1) is 19.3. The molecule has 1 aliphatic carbocycles. The summed E-state index contributed by atoms with van der Waals surface area (Å²) < 4.78 is 30.8. The lowest BCUT2D eigenvalue weighted by molar-refractivity contribution is -0.140. The number of nitrogens with one attached hydrogen (secondary N) is 1. The second-order valence-corrected chi connectivity index (χ2v) is 10.5. The van der Waals surface area contributed by atoms with Gasteiger partial charge in [0.15, 0.2) is 0 Å². The fourth-order valence-electron chi connectivity index (χ4n) is 3.57. The molecule has 0 unspecified atom stereocenters. The summed E-state index contributed by atoms with van der Waals surface area (Å²) in [7, 11) is -4.02. The van der Waals surface area contributed by atoms with E-state index < -0.39 is 27.4 Å². The number of carbonyl (C=O) groups is 1. The Kier molecular flexibility index (Phi) is 4.69. The van der Waals surface area contributed by atoms with Gasteiger partial charge in [-0.1, -0.05) is 37.3 Å². The summed E-state index contributed by atoms with van der Waals surface area (Å²) in [6.45, 7) is 1.75. The third-order valence-corrected chi connectivity index (χ3v) is 8.48. The van der Waals surface area contributed by atoms with E-state index in [-0.39, 0.29) is 10.1 Å². The Morgan fingerprint density at radius 3 is 2.61 bits per heavy atom. The molecule has 7 nitrogen and oxygen atoms in total. The summed E-state index contributed by atoms with van der Waals surface area (Å²) in [6, 6.07) is 12.2. The molecule has 1 aliphatic rings. The largest absolute Gasteiger partial charge is 0.480 e. The van der Waals surface area contributed by atoms with Gasteiger partial charge >= 0.3 is 5.97 Å². The molecule has 0 saturated heterocycles. The fraction of sp³-hybridized carbons (Fsp3) is 0.222.